The van der Waals surface area contributed by atoms with Crippen LogP contribution in [0.2, 0.25) is 0 Å². The monoisotopic (exact) mass is 282 g/mol. The Hall–Kier alpha value is -0.680. The van der Waals surface area contributed by atoms with Crippen molar-refractivity contribution in [2.75, 3.05) is 7.11 Å². The van der Waals surface area contributed by atoms with E-state index in [2.05, 4.69) is 4.74 Å². The number of carbonyl (C=O) groups is 1. The summed E-state index contributed by atoms with van der Waals surface area (Å²) >= 11 is 5.52. The van der Waals surface area contributed by atoms with Crippen molar-refractivity contribution < 1.29 is 23.4 Å². The lowest BCUT2D eigenvalue weighted by atomic mass is 9.93. The number of aliphatic carboxylic acids is 1. The van der Waals surface area contributed by atoms with Crippen LogP contribution >= 0.6 is 11.6 Å². The van der Waals surface area contributed by atoms with Gasteiger partial charge in [0.05, 0.1) is 5.41 Å². The SMILES string of the molecule is CCC1(C(=O)O)C(C=C(Cl)C(F)(F)OC)C1(C)C. The Morgan fingerprint density at radius 2 is 2.06 bits per heavy atom. The summed E-state index contributed by atoms with van der Waals surface area (Å²) < 4.78 is 30.3. The van der Waals surface area contributed by atoms with Crippen molar-refractivity contribution in [2.24, 2.45) is 16.7 Å². The van der Waals surface area contributed by atoms with Crippen molar-refractivity contribution in [3.63, 3.8) is 0 Å². The highest BCUT2D eigenvalue weighted by Crippen LogP contribution is 2.71. The van der Waals surface area contributed by atoms with Crippen LogP contribution in [0.1, 0.15) is 27.2 Å². The van der Waals surface area contributed by atoms with E-state index in [4.69, 9.17) is 11.6 Å². The summed E-state index contributed by atoms with van der Waals surface area (Å²) in [7, 11) is 0.846. The molecule has 6 heteroatoms. The number of ether oxygens (including phenoxy) is 1. The fraction of sp³-hybridized carbons (Fsp3) is 0.750. The van der Waals surface area contributed by atoms with Crippen LogP contribution in [-0.2, 0) is 9.53 Å². The summed E-state index contributed by atoms with van der Waals surface area (Å²) in [6, 6.07) is 0. The van der Waals surface area contributed by atoms with Crippen molar-refractivity contribution >= 4 is 17.6 Å². The van der Waals surface area contributed by atoms with E-state index in [1.165, 1.54) is 0 Å². The summed E-state index contributed by atoms with van der Waals surface area (Å²) in [5, 5.41) is 8.53. The van der Waals surface area contributed by atoms with E-state index in [9.17, 15) is 18.7 Å². The van der Waals surface area contributed by atoms with E-state index in [0.29, 0.717) is 6.42 Å². The molecule has 1 saturated carbocycles. The average Bonchev–Trinajstić information content (AvgIpc) is 2.75. The van der Waals surface area contributed by atoms with Crippen molar-refractivity contribution in [1.82, 2.24) is 0 Å². The highest BCUT2D eigenvalue weighted by Gasteiger charge is 2.73. The van der Waals surface area contributed by atoms with Gasteiger partial charge in [0.15, 0.2) is 0 Å². The molecule has 1 rings (SSSR count). The number of methoxy groups -OCH3 is 1. The van der Waals surface area contributed by atoms with Crippen molar-refractivity contribution in [2.45, 2.75) is 33.3 Å². The molecule has 2 unspecified atom stereocenters. The number of alkyl halides is 2. The van der Waals surface area contributed by atoms with Gasteiger partial charge < -0.3 is 9.84 Å². The van der Waals surface area contributed by atoms with E-state index in [-0.39, 0.29) is 0 Å². The second-order valence-electron chi connectivity index (χ2n) is 5.06. The highest BCUT2D eigenvalue weighted by molar-refractivity contribution is 6.30. The van der Waals surface area contributed by atoms with Crippen molar-refractivity contribution in [3.8, 4) is 0 Å². The number of hydrogen-bond donors (Lipinski definition) is 1. The molecule has 1 fully saturated rings. The summed E-state index contributed by atoms with van der Waals surface area (Å²) in [5.41, 5.74) is -1.63. The Labute approximate surface area is 110 Å². The topological polar surface area (TPSA) is 46.5 Å². The molecule has 2 atom stereocenters. The minimum atomic E-state index is -3.57. The Morgan fingerprint density at radius 3 is 2.33 bits per heavy atom. The second-order valence-corrected chi connectivity index (χ2v) is 5.47. The van der Waals surface area contributed by atoms with Gasteiger partial charge in [0.2, 0.25) is 0 Å². The lowest BCUT2D eigenvalue weighted by molar-refractivity contribution is -0.184. The zero-order valence-corrected chi connectivity index (χ0v) is 11.5. The Morgan fingerprint density at radius 1 is 1.56 bits per heavy atom. The third-order valence-corrected chi connectivity index (χ3v) is 4.51. The number of carboxylic acids is 1. The number of allylic oxidation sites excluding steroid dienone is 1. The Balaban J connectivity index is 3.08. The smallest absolute Gasteiger partial charge is 0.393 e. The van der Waals surface area contributed by atoms with Crippen LogP contribution in [0.4, 0.5) is 8.78 Å². The number of carboxylic acid groups (broad SMARTS) is 1. The van der Waals surface area contributed by atoms with Crippen molar-refractivity contribution in [3.05, 3.63) is 11.1 Å². The molecule has 0 bridgehead atoms. The molecule has 1 aliphatic carbocycles. The molecule has 0 heterocycles. The minimum Gasteiger partial charge on any atom is -0.481 e. The van der Waals surface area contributed by atoms with Crippen LogP contribution in [-0.4, -0.2) is 24.3 Å². The fourth-order valence-corrected chi connectivity index (χ4v) is 3.03. The summed E-state index contributed by atoms with van der Waals surface area (Å²) in [4.78, 5) is 11.4. The largest absolute Gasteiger partial charge is 0.481 e. The van der Waals surface area contributed by atoms with Crippen LogP contribution in [0.25, 0.3) is 0 Å². The van der Waals surface area contributed by atoms with Crippen LogP contribution in [0.15, 0.2) is 11.1 Å². The average molecular weight is 283 g/mol. The Kier molecular flexibility index (Phi) is 3.81. The van der Waals surface area contributed by atoms with Gasteiger partial charge in [-0.2, -0.15) is 8.78 Å². The van der Waals surface area contributed by atoms with Gasteiger partial charge in [-0.05, 0) is 11.8 Å². The van der Waals surface area contributed by atoms with E-state index >= 15 is 0 Å². The van der Waals surface area contributed by atoms with E-state index in [1.807, 2.05) is 0 Å². The highest BCUT2D eigenvalue weighted by atomic mass is 35.5. The quantitative estimate of drug-likeness (QED) is 0.840. The van der Waals surface area contributed by atoms with Gasteiger partial charge in [0.25, 0.3) is 0 Å². The molecular formula is C12H17ClF2O3. The maximum Gasteiger partial charge on any atom is 0.393 e. The molecule has 0 saturated heterocycles. The molecule has 0 aromatic heterocycles. The van der Waals surface area contributed by atoms with Crippen LogP contribution < -0.4 is 0 Å². The molecule has 0 aromatic carbocycles. The molecule has 1 aliphatic rings. The first-order chi connectivity index (χ1) is 8.07. The van der Waals surface area contributed by atoms with Gasteiger partial charge in [-0.25, -0.2) is 0 Å². The third-order valence-electron chi connectivity index (χ3n) is 4.16. The molecule has 0 amide bonds. The van der Waals surface area contributed by atoms with Gasteiger partial charge in [-0.3, -0.25) is 4.79 Å². The van der Waals surface area contributed by atoms with Gasteiger partial charge in [-0.15, -0.1) is 0 Å². The predicted octanol–water partition coefficient (Wildman–Crippen LogP) is 3.49. The molecule has 18 heavy (non-hydrogen) atoms. The van der Waals surface area contributed by atoms with Crippen molar-refractivity contribution in [1.29, 1.82) is 0 Å². The van der Waals surface area contributed by atoms with Gasteiger partial charge in [0, 0.05) is 13.0 Å². The molecule has 0 aliphatic heterocycles. The molecule has 3 nitrogen and oxygen atoms in total. The predicted molar refractivity (Wildman–Crippen MR) is 63.5 cm³/mol. The summed E-state index contributed by atoms with van der Waals surface area (Å²) in [5.74, 6) is -1.51. The first-order valence-electron chi connectivity index (χ1n) is 5.62. The maximum atomic E-state index is 13.2. The first kappa shape index (κ1) is 15.4. The lowest BCUT2D eigenvalue weighted by Gasteiger charge is -2.13. The minimum absolute atomic E-state index is 0.360. The molecule has 0 spiro atoms. The zero-order chi connectivity index (χ0) is 14.4. The molecular weight excluding hydrogens is 266 g/mol. The van der Waals surface area contributed by atoms with E-state index < -0.39 is 33.9 Å². The van der Waals surface area contributed by atoms with Crippen LogP contribution in [0, 0.1) is 16.7 Å². The molecule has 0 aromatic rings. The lowest BCUT2D eigenvalue weighted by Crippen LogP contribution is -2.21. The maximum absolute atomic E-state index is 13.2. The summed E-state index contributed by atoms with van der Waals surface area (Å²) in [6.45, 7) is 5.20. The zero-order valence-electron chi connectivity index (χ0n) is 10.8. The number of halogens is 3. The standard InChI is InChI=1S/C12H17ClF2O3/c1-5-11(9(16)17)7(10(11,2)3)6-8(13)12(14,15)18-4/h6-7H,5H2,1-4H3,(H,16,17). The van der Waals surface area contributed by atoms with Crippen LogP contribution in [0.3, 0.4) is 0 Å². The first-order valence-corrected chi connectivity index (χ1v) is 6.00. The Bertz CT molecular complexity index is 393. The second kappa shape index (κ2) is 4.46. The fourth-order valence-electron chi connectivity index (χ4n) is 2.82. The molecule has 1 N–H and O–H groups in total. The third kappa shape index (κ3) is 1.93. The van der Waals surface area contributed by atoms with E-state index in [1.54, 1.807) is 20.8 Å². The number of hydrogen-bond acceptors (Lipinski definition) is 2. The normalized spacial score (nSPS) is 31.3. The van der Waals surface area contributed by atoms with Gasteiger partial charge in [-0.1, -0.05) is 38.4 Å². The van der Waals surface area contributed by atoms with Gasteiger partial charge in [0.1, 0.15) is 5.03 Å². The van der Waals surface area contributed by atoms with Gasteiger partial charge >= 0.3 is 12.1 Å². The van der Waals surface area contributed by atoms with Crippen LogP contribution in [0.5, 0.6) is 0 Å². The van der Waals surface area contributed by atoms with E-state index in [0.717, 1.165) is 13.2 Å². The molecule has 104 valence electrons. The summed E-state index contributed by atoms with van der Waals surface area (Å²) in [6.07, 6.45) is -2.10. The number of rotatable bonds is 5. The molecule has 0 radical (unpaired) electrons.